The van der Waals surface area contributed by atoms with E-state index in [1.54, 1.807) is 18.2 Å². The molecular weight excluding hydrogens is 240 g/mol. The van der Waals surface area contributed by atoms with Crippen LogP contribution in [0.1, 0.15) is 19.8 Å². The molecular formula is C12H17ClN2O2. The Morgan fingerprint density at radius 2 is 2.29 bits per heavy atom. The third-order valence-electron chi connectivity index (χ3n) is 2.26. The Labute approximate surface area is 106 Å². The fourth-order valence-corrected chi connectivity index (χ4v) is 1.51. The SMILES string of the molecule is COc1cc(NC(=O)CCC(C)N)ccc1Cl. The molecule has 3 N–H and O–H groups in total. The number of halogens is 1. The van der Waals surface area contributed by atoms with E-state index >= 15 is 0 Å². The van der Waals surface area contributed by atoms with Crippen molar-refractivity contribution in [2.75, 3.05) is 12.4 Å². The van der Waals surface area contributed by atoms with Crippen LogP contribution >= 0.6 is 11.6 Å². The summed E-state index contributed by atoms with van der Waals surface area (Å²) >= 11 is 5.88. The molecule has 0 aliphatic heterocycles. The van der Waals surface area contributed by atoms with Gasteiger partial charge in [-0.15, -0.1) is 0 Å². The van der Waals surface area contributed by atoms with Crippen LogP contribution in [0.15, 0.2) is 18.2 Å². The maximum absolute atomic E-state index is 11.6. The van der Waals surface area contributed by atoms with Crippen LogP contribution in [0.4, 0.5) is 5.69 Å². The van der Waals surface area contributed by atoms with Gasteiger partial charge in [-0.1, -0.05) is 11.6 Å². The van der Waals surface area contributed by atoms with Crippen LogP contribution < -0.4 is 15.8 Å². The second-order valence-electron chi connectivity index (χ2n) is 3.91. The molecule has 0 radical (unpaired) electrons. The minimum atomic E-state index is -0.0633. The summed E-state index contributed by atoms with van der Waals surface area (Å²) in [7, 11) is 1.53. The molecule has 1 aromatic rings. The van der Waals surface area contributed by atoms with Gasteiger partial charge in [0, 0.05) is 24.2 Å². The van der Waals surface area contributed by atoms with Gasteiger partial charge in [-0.2, -0.15) is 0 Å². The highest BCUT2D eigenvalue weighted by Crippen LogP contribution is 2.27. The van der Waals surface area contributed by atoms with Gasteiger partial charge in [0.25, 0.3) is 0 Å². The first-order valence-electron chi connectivity index (χ1n) is 5.42. The summed E-state index contributed by atoms with van der Waals surface area (Å²) in [6, 6.07) is 5.13. The number of nitrogens with two attached hydrogens (primary N) is 1. The van der Waals surface area contributed by atoms with Crippen molar-refractivity contribution >= 4 is 23.2 Å². The van der Waals surface area contributed by atoms with Crippen LogP contribution in [0.5, 0.6) is 5.75 Å². The maximum atomic E-state index is 11.6. The number of carbonyl (C=O) groups excluding carboxylic acids is 1. The number of anilines is 1. The largest absolute Gasteiger partial charge is 0.495 e. The van der Waals surface area contributed by atoms with Gasteiger partial charge in [0.15, 0.2) is 0 Å². The van der Waals surface area contributed by atoms with Gasteiger partial charge in [-0.3, -0.25) is 4.79 Å². The van der Waals surface area contributed by atoms with Crippen molar-refractivity contribution in [3.8, 4) is 5.75 Å². The smallest absolute Gasteiger partial charge is 0.224 e. The zero-order valence-electron chi connectivity index (χ0n) is 10.00. The maximum Gasteiger partial charge on any atom is 0.224 e. The number of amides is 1. The molecule has 0 fully saturated rings. The molecule has 17 heavy (non-hydrogen) atoms. The molecule has 0 saturated heterocycles. The third kappa shape index (κ3) is 4.63. The molecule has 0 spiro atoms. The Hall–Kier alpha value is -1.26. The number of ether oxygens (including phenoxy) is 1. The lowest BCUT2D eigenvalue weighted by atomic mass is 10.2. The van der Waals surface area contributed by atoms with Crippen molar-refractivity contribution in [2.24, 2.45) is 5.73 Å². The summed E-state index contributed by atoms with van der Waals surface area (Å²) in [6.07, 6.45) is 1.07. The summed E-state index contributed by atoms with van der Waals surface area (Å²) < 4.78 is 5.06. The summed E-state index contributed by atoms with van der Waals surface area (Å²) in [5.41, 5.74) is 6.25. The second-order valence-corrected chi connectivity index (χ2v) is 4.32. The van der Waals surface area contributed by atoms with E-state index in [1.165, 1.54) is 7.11 Å². The summed E-state index contributed by atoms with van der Waals surface area (Å²) in [5, 5.41) is 3.28. The van der Waals surface area contributed by atoms with Crippen molar-refractivity contribution in [3.05, 3.63) is 23.2 Å². The van der Waals surface area contributed by atoms with E-state index in [9.17, 15) is 4.79 Å². The van der Waals surface area contributed by atoms with Crippen molar-refractivity contribution in [3.63, 3.8) is 0 Å². The number of carbonyl (C=O) groups is 1. The average Bonchev–Trinajstić information content (AvgIpc) is 2.29. The predicted octanol–water partition coefficient (Wildman–Crippen LogP) is 2.41. The third-order valence-corrected chi connectivity index (χ3v) is 2.57. The van der Waals surface area contributed by atoms with Gasteiger partial charge >= 0.3 is 0 Å². The highest BCUT2D eigenvalue weighted by molar-refractivity contribution is 6.32. The molecule has 0 saturated carbocycles. The molecule has 0 aliphatic rings. The molecule has 5 heteroatoms. The summed E-state index contributed by atoms with van der Waals surface area (Å²) in [6.45, 7) is 1.87. The van der Waals surface area contributed by atoms with E-state index in [1.807, 2.05) is 6.92 Å². The number of hydrogen-bond acceptors (Lipinski definition) is 3. The lowest BCUT2D eigenvalue weighted by molar-refractivity contribution is -0.116. The first-order valence-corrected chi connectivity index (χ1v) is 5.79. The monoisotopic (exact) mass is 256 g/mol. The van der Waals surface area contributed by atoms with Crippen molar-refractivity contribution in [1.29, 1.82) is 0 Å². The topological polar surface area (TPSA) is 64.3 Å². The van der Waals surface area contributed by atoms with Gasteiger partial charge in [-0.25, -0.2) is 0 Å². The number of nitrogens with one attached hydrogen (secondary N) is 1. The Morgan fingerprint density at radius 3 is 2.88 bits per heavy atom. The molecule has 0 heterocycles. The molecule has 0 aromatic heterocycles. The van der Waals surface area contributed by atoms with E-state index in [-0.39, 0.29) is 11.9 Å². The molecule has 4 nitrogen and oxygen atoms in total. The minimum absolute atomic E-state index is 0.0282. The summed E-state index contributed by atoms with van der Waals surface area (Å²) in [5.74, 6) is 0.475. The Morgan fingerprint density at radius 1 is 1.59 bits per heavy atom. The van der Waals surface area contributed by atoms with Crippen molar-refractivity contribution < 1.29 is 9.53 Å². The minimum Gasteiger partial charge on any atom is -0.495 e. The van der Waals surface area contributed by atoms with Gasteiger partial charge in [-0.05, 0) is 25.5 Å². The van der Waals surface area contributed by atoms with E-state index in [0.717, 1.165) is 0 Å². The highest BCUT2D eigenvalue weighted by Gasteiger charge is 2.06. The number of hydrogen-bond donors (Lipinski definition) is 2. The van der Waals surface area contributed by atoms with Crippen LogP contribution in [-0.4, -0.2) is 19.1 Å². The Bertz CT molecular complexity index is 394. The summed E-state index contributed by atoms with van der Waals surface area (Å²) in [4.78, 5) is 11.6. The van der Waals surface area contributed by atoms with E-state index < -0.39 is 0 Å². The standard InChI is InChI=1S/C12H17ClN2O2/c1-8(14)3-6-12(16)15-9-4-5-10(13)11(7-9)17-2/h4-5,7-8H,3,6,14H2,1-2H3,(H,15,16). The van der Waals surface area contributed by atoms with Crippen molar-refractivity contribution in [2.45, 2.75) is 25.8 Å². The lowest BCUT2D eigenvalue weighted by Crippen LogP contribution is -2.19. The average molecular weight is 257 g/mol. The molecule has 1 rings (SSSR count). The van der Waals surface area contributed by atoms with Gasteiger partial charge in [0.1, 0.15) is 5.75 Å². The quantitative estimate of drug-likeness (QED) is 0.850. The molecule has 1 aromatic carbocycles. The van der Waals surface area contributed by atoms with E-state index in [4.69, 9.17) is 22.1 Å². The molecule has 0 bridgehead atoms. The van der Waals surface area contributed by atoms with Gasteiger partial charge in [0.05, 0.1) is 12.1 Å². The zero-order valence-corrected chi connectivity index (χ0v) is 10.8. The Balaban J connectivity index is 2.59. The number of methoxy groups -OCH3 is 1. The highest BCUT2D eigenvalue weighted by atomic mass is 35.5. The first kappa shape index (κ1) is 13.8. The lowest BCUT2D eigenvalue weighted by Gasteiger charge is -2.09. The van der Waals surface area contributed by atoms with Gasteiger partial charge < -0.3 is 15.8 Å². The molecule has 94 valence electrons. The molecule has 0 aliphatic carbocycles. The van der Waals surface area contributed by atoms with Crippen LogP contribution in [-0.2, 0) is 4.79 Å². The normalized spacial score (nSPS) is 12.0. The van der Waals surface area contributed by atoms with Crippen LogP contribution in [0.3, 0.4) is 0 Å². The second kappa shape index (κ2) is 6.47. The van der Waals surface area contributed by atoms with Crippen molar-refractivity contribution in [1.82, 2.24) is 0 Å². The zero-order chi connectivity index (χ0) is 12.8. The molecule has 1 amide bonds. The molecule has 1 unspecified atom stereocenters. The first-order chi connectivity index (χ1) is 8.02. The van der Waals surface area contributed by atoms with Crippen LogP contribution in [0.2, 0.25) is 5.02 Å². The molecule has 1 atom stereocenters. The Kier molecular flexibility index (Phi) is 5.25. The van der Waals surface area contributed by atoms with E-state index in [0.29, 0.717) is 29.3 Å². The van der Waals surface area contributed by atoms with E-state index in [2.05, 4.69) is 5.32 Å². The van der Waals surface area contributed by atoms with Crippen LogP contribution in [0.25, 0.3) is 0 Å². The fraction of sp³-hybridized carbons (Fsp3) is 0.417. The predicted molar refractivity (Wildman–Crippen MR) is 69.5 cm³/mol. The van der Waals surface area contributed by atoms with Gasteiger partial charge in [0.2, 0.25) is 5.91 Å². The number of benzene rings is 1. The fourth-order valence-electron chi connectivity index (χ4n) is 1.32. The number of rotatable bonds is 5. The van der Waals surface area contributed by atoms with Crippen LogP contribution in [0, 0.1) is 0 Å².